The van der Waals surface area contributed by atoms with Crippen molar-refractivity contribution in [3.63, 3.8) is 0 Å². The Morgan fingerprint density at radius 2 is 1.05 bits per heavy atom. The minimum Gasteiger partial charge on any atom is -0.497 e. The van der Waals surface area contributed by atoms with Crippen LogP contribution in [0, 0.1) is 5.92 Å². The number of hydrogen-bond acceptors (Lipinski definition) is 10. The molecule has 0 radical (unpaired) electrons. The normalized spacial score (nSPS) is 16.5. The summed E-state index contributed by atoms with van der Waals surface area (Å²) in [4.78, 5) is 38.1. The molecule has 422 valence electrons. The third-order valence-corrected chi connectivity index (χ3v) is 22.5. The zero-order valence-corrected chi connectivity index (χ0v) is 49.7. The lowest BCUT2D eigenvalue weighted by atomic mass is 9.77. The van der Waals surface area contributed by atoms with Crippen LogP contribution in [0.5, 0.6) is 11.5 Å². The second-order valence-electron chi connectivity index (χ2n) is 22.3. The first-order valence-electron chi connectivity index (χ1n) is 28.4. The van der Waals surface area contributed by atoms with Gasteiger partial charge in [0.2, 0.25) is 5.95 Å². The van der Waals surface area contributed by atoms with Crippen LogP contribution in [0.2, 0.25) is 5.04 Å². The highest BCUT2D eigenvalue weighted by Crippen LogP contribution is 2.49. The minimum atomic E-state index is -3.16. The molecule has 11 rings (SSSR count). The summed E-state index contributed by atoms with van der Waals surface area (Å²) in [6, 6.07) is 77.8. The van der Waals surface area contributed by atoms with Crippen molar-refractivity contribution in [1.82, 2.24) is 14.5 Å². The van der Waals surface area contributed by atoms with Crippen LogP contribution in [0.15, 0.2) is 240 Å². The number of anilines is 1. The molecule has 0 amide bonds. The van der Waals surface area contributed by atoms with Crippen molar-refractivity contribution in [2.75, 3.05) is 19.5 Å². The monoisotopic (exact) mass is 1140 g/mol. The fourth-order valence-electron chi connectivity index (χ4n) is 12.5. The molecule has 1 fully saturated rings. The zero-order valence-electron chi connectivity index (χ0n) is 47.9. The highest BCUT2D eigenvalue weighted by Gasteiger charge is 2.55. The van der Waals surface area contributed by atoms with E-state index in [1.165, 1.54) is 0 Å². The van der Waals surface area contributed by atoms with Gasteiger partial charge in [0.1, 0.15) is 33.6 Å². The molecule has 8 aromatic carbocycles. The maximum atomic E-state index is 15.3. The Balaban J connectivity index is 1.10. The van der Waals surface area contributed by atoms with E-state index < -0.39 is 55.5 Å². The Kier molecular flexibility index (Phi) is 16.4. The van der Waals surface area contributed by atoms with Gasteiger partial charge in [-0.05, 0) is 92.8 Å². The Labute approximate surface area is 490 Å². The lowest BCUT2D eigenvalue weighted by Crippen LogP contribution is -2.68. The van der Waals surface area contributed by atoms with Gasteiger partial charge >= 0.3 is 4.87 Å². The molecule has 1 aliphatic rings. The van der Waals surface area contributed by atoms with Gasteiger partial charge in [-0.15, -0.1) is 0 Å². The second-order valence-corrected chi connectivity index (χ2v) is 27.5. The van der Waals surface area contributed by atoms with E-state index in [4.69, 9.17) is 28.4 Å². The molecule has 3 heterocycles. The van der Waals surface area contributed by atoms with E-state index >= 15 is 4.79 Å². The number of nitrogens with one attached hydrogen (secondary N) is 2. The number of nitrogens with zero attached hydrogens (tertiary/aromatic N) is 2. The van der Waals surface area contributed by atoms with E-state index in [-0.39, 0.29) is 26.2 Å². The largest absolute Gasteiger partial charge is 0.497 e. The van der Waals surface area contributed by atoms with E-state index in [1.54, 1.807) is 18.8 Å². The van der Waals surface area contributed by atoms with E-state index in [2.05, 4.69) is 154 Å². The Hall–Kier alpha value is -8.17. The number of hydrogen-bond donors (Lipinski definition) is 2. The van der Waals surface area contributed by atoms with Gasteiger partial charge in [0.05, 0.1) is 32.5 Å². The number of aromatic nitrogens is 3. The number of thiazole rings is 1. The van der Waals surface area contributed by atoms with Gasteiger partial charge in [0.15, 0.2) is 5.65 Å². The van der Waals surface area contributed by atoms with Gasteiger partial charge in [0, 0.05) is 5.92 Å². The molecule has 0 aliphatic carbocycles. The number of benzene rings is 8. The average Bonchev–Trinajstić information content (AvgIpc) is 4.26. The maximum absolute atomic E-state index is 15.3. The fraction of sp³-hybridized carbons (Fsp3) is 0.243. The molecule has 0 bridgehead atoms. The molecular weight excluding hydrogens is 1070 g/mol. The number of aromatic amines is 1. The van der Waals surface area contributed by atoms with Gasteiger partial charge in [-0.3, -0.25) is 19.1 Å². The lowest BCUT2D eigenvalue weighted by molar-refractivity contribution is -0.103. The molecule has 0 spiro atoms. The Morgan fingerprint density at radius 3 is 1.49 bits per heavy atom. The maximum Gasteiger partial charge on any atom is 0.311 e. The van der Waals surface area contributed by atoms with Gasteiger partial charge in [0.25, 0.3) is 13.9 Å². The van der Waals surface area contributed by atoms with Crippen LogP contribution >= 0.6 is 11.3 Å². The van der Waals surface area contributed by atoms with E-state index in [1.807, 2.05) is 121 Å². The number of rotatable bonds is 20. The summed E-state index contributed by atoms with van der Waals surface area (Å²) >= 11 is 0.859. The van der Waals surface area contributed by atoms with Gasteiger partial charge < -0.3 is 28.7 Å². The van der Waals surface area contributed by atoms with Gasteiger partial charge in [-0.1, -0.05) is 245 Å². The molecule has 1 aliphatic heterocycles. The molecule has 2 N–H and O–H groups in total. The molecule has 0 saturated carbocycles. The number of fused-ring (bicyclic) bond motifs is 1. The Bertz CT molecular complexity index is 3740. The van der Waals surface area contributed by atoms with E-state index in [0.717, 1.165) is 55.1 Å². The topological polar surface area (TPSA) is 126 Å². The van der Waals surface area contributed by atoms with Gasteiger partial charge in [-0.2, -0.15) is 4.98 Å². The quantitative estimate of drug-likeness (QED) is 0.0567. The minimum absolute atomic E-state index is 0.154. The molecule has 11 nitrogen and oxygen atoms in total. The van der Waals surface area contributed by atoms with Crippen LogP contribution < -0.4 is 35.6 Å². The van der Waals surface area contributed by atoms with Crippen molar-refractivity contribution in [2.45, 2.75) is 88.2 Å². The summed E-state index contributed by atoms with van der Waals surface area (Å²) in [6.07, 6.45) is -1.57. The van der Waals surface area contributed by atoms with Gasteiger partial charge in [-0.25, -0.2) is 0 Å². The summed E-state index contributed by atoms with van der Waals surface area (Å²) in [5.74, 6) is 1.05. The first kappa shape index (κ1) is 56.7. The smallest absolute Gasteiger partial charge is 0.311 e. The molecule has 5 atom stereocenters. The number of ether oxygens (including phenoxy) is 4. The van der Waals surface area contributed by atoms with Crippen LogP contribution in [0.1, 0.15) is 87.1 Å². The molecule has 0 unspecified atom stereocenters. The standard InChI is InChI=1S/C70H70N4O7SSi/c1-8-60(81-83(68(3,4)5,57-35-23-13-24-36-57)58-37-25-14-26-38-58)61-47-59(48(2)80-70(52-31-19-11-20-32-52,53-33-21-12-22-34-53)54-41-45-56(78-7)46-42-54)65(79-61)74-63-62(82-67(74)76)64(75)72-66(71-63)73-69(49-27-15-9-16-28-49,50-29-17-10-18-30-50)51-39-43-55(77-6)44-40-51/h9-46,48,59-61,65H,8,47H2,1-7H3,(H2,71,72,73,75)/t48-,59+,60+,61+,65-/m1/s1. The van der Waals surface area contributed by atoms with Crippen molar-refractivity contribution < 1.29 is 23.4 Å². The number of methoxy groups -OCH3 is 2. The number of H-pyrrole nitrogens is 1. The molecule has 2 aromatic heterocycles. The molecular formula is C70H70N4O7SSi. The van der Waals surface area contributed by atoms with Crippen molar-refractivity contribution in [2.24, 2.45) is 5.92 Å². The predicted octanol–water partition coefficient (Wildman–Crippen LogP) is 13.2. The molecule has 83 heavy (non-hydrogen) atoms. The van der Waals surface area contributed by atoms with E-state index in [0.29, 0.717) is 24.3 Å². The van der Waals surface area contributed by atoms with Crippen LogP contribution in [0.3, 0.4) is 0 Å². The lowest BCUT2D eigenvalue weighted by Gasteiger charge is -2.46. The van der Waals surface area contributed by atoms with Crippen molar-refractivity contribution >= 4 is 46.3 Å². The zero-order chi connectivity index (χ0) is 57.8. The first-order valence-corrected chi connectivity index (χ1v) is 31.1. The summed E-state index contributed by atoms with van der Waals surface area (Å²) in [7, 11) is 0.143. The average molecular weight is 1140 g/mol. The summed E-state index contributed by atoms with van der Waals surface area (Å²) in [5, 5.41) is 5.72. The summed E-state index contributed by atoms with van der Waals surface area (Å²) < 4.78 is 36.5. The summed E-state index contributed by atoms with van der Waals surface area (Å²) in [6.45, 7) is 11.1. The van der Waals surface area contributed by atoms with E-state index in [9.17, 15) is 4.79 Å². The van der Waals surface area contributed by atoms with Crippen LogP contribution in [0.4, 0.5) is 5.95 Å². The van der Waals surface area contributed by atoms with Crippen molar-refractivity contribution in [3.8, 4) is 11.5 Å². The van der Waals surface area contributed by atoms with Crippen LogP contribution in [-0.2, 0) is 25.0 Å². The van der Waals surface area contributed by atoms with Crippen molar-refractivity contribution in [3.05, 3.63) is 284 Å². The predicted molar refractivity (Wildman–Crippen MR) is 335 cm³/mol. The molecule has 13 heteroatoms. The molecule has 1 saturated heterocycles. The second kappa shape index (κ2) is 24.0. The third kappa shape index (κ3) is 10.6. The Morgan fingerprint density at radius 1 is 0.627 bits per heavy atom. The highest BCUT2D eigenvalue weighted by molar-refractivity contribution is 7.16. The first-order chi connectivity index (χ1) is 40.3. The van der Waals surface area contributed by atoms with Crippen LogP contribution in [0.25, 0.3) is 10.3 Å². The SMILES string of the molecule is CC[C@H](O[Si](c1ccccc1)(c1ccccc1)C(C)(C)C)[C@@H]1C[C@@H]([C@@H](C)OC(c2ccccc2)(c2ccccc2)c2ccc(OC)cc2)[C@H](n2c(=O)sc3c(=O)[nH]c(NC(c4ccccc4)(c4ccccc4)c4ccc(OC)cc4)nc32)O1. The fourth-order valence-corrected chi connectivity index (χ4v) is 18.2. The third-order valence-electron chi connectivity index (χ3n) is 16.5. The highest BCUT2D eigenvalue weighted by atomic mass is 32.1. The molecule has 10 aromatic rings. The van der Waals surface area contributed by atoms with Crippen LogP contribution in [-0.4, -0.2) is 55.4 Å². The summed E-state index contributed by atoms with van der Waals surface area (Å²) in [5.41, 5.74) is 2.79. The van der Waals surface area contributed by atoms with Crippen molar-refractivity contribution in [1.29, 1.82) is 0 Å².